The molecule has 1 aliphatic carbocycles. The number of esters is 1. The van der Waals surface area contributed by atoms with Crippen LogP contribution in [0, 0.1) is 5.92 Å². The Balaban J connectivity index is 1.83. The number of benzene rings is 1. The summed E-state index contributed by atoms with van der Waals surface area (Å²) < 4.78 is 5.22. The van der Waals surface area contributed by atoms with Crippen LogP contribution in [0.15, 0.2) is 30.3 Å². The number of carbonyl (C=O) groups is 1. The fourth-order valence-corrected chi connectivity index (χ4v) is 2.05. The molecule has 1 saturated carbocycles. The summed E-state index contributed by atoms with van der Waals surface area (Å²) in [7, 11) is 0. The minimum absolute atomic E-state index is 0.0380. The summed E-state index contributed by atoms with van der Waals surface area (Å²) in [5.74, 6) is -0.594. The van der Waals surface area contributed by atoms with E-state index in [2.05, 4.69) is 0 Å². The lowest BCUT2D eigenvalue weighted by molar-refractivity contribution is -0.165. The number of rotatable bonds is 5. The third kappa shape index (κ3) is 3.33. The first-order chi connectivity index (χ1) is 8.66. The molecule has 1 aromatic rings. The van der Waals surface area contributed by atoms with Crippen LogP contribution in [0.4, 0.5) is 0 Å². The average Bonchev–Trinajstić information content (AvgIpc) is 2.33. The minimum atomic E-state index is -1.02. The first kappa shape index (κ1) is 13.1. The molecule has 0 amide bonds. The Labute approximate surface area is 108 Å². The molecule has 1 aliphatic rings. The van der Waals surface area contributed by atoms with E-state index >= 15 is 0 Å². The van der Waals surface area contributed by atoms with Gasteiger partial charge in [-0.05, 0) is 37.2 Å². The molecular formula is C15H20O3. The van der Waals surface area contributed by atoms with Crippen molar-refractivity contribution in [2.45, 2.75) is 44.8 Å². The van der Waals surface area contributed by atoms with Gasteiger partial charge in [0.1, 0.15) is 6.10 Å². The molecule has 3 nitrogen and oxygen atoms in total. The highest BCUT2D eigenvalue weighted by Crippen LogP contribution is 2.23. The maximum atomic E-state index is 11.7. The van der Waals surface area contributed by atoms with Crippen LogP contribution in [0.3, 0.4) is 0 Å². The van der Waals surface area contributed by atoms with E-state index in [-0.39, 0.29) is 12.0 Å². The molecule has 0 unspecified atom stereocenters. The van der Waals surface area contributed by atoms with Crippen molar-refractivity contribution in [1.82, 2.24) is 0 Å². The zero-order chi connectivity index (χ0) is 13.0. The summed E-state index contributed by atoms with van der Waals surface area (Å²) >= 11 is 0. The Morgan fingerprint density at radius 2 is 2.06 bits per heavy atom. The van der Waals surface area contributed by atoms with Gasteiger partial charge < -0.3 is 9.84 Å². The average molecular weight is 248 g/mol. The monoisotopic (exact) mass is 248 g/mol. The van der Waals surface area contributed by atoms with E-state index < -0.39 is 12.1 Å². The van der Waals surface area contributed by atoms with Crippen molar-refractivity contribution in [1.29, 1.82) is 0 Å². The predicted molar refractivity (Wildman–Crippen MR) is 69.0 cm³/mol. The molecular weight excluding hydrogens is 228 g/mol. The Morgan fingerprint density at radius 1 is 1.39 bits per heavy atom. The maximum Gasteiger partial charge on any atom is 0.335 e. The number of hydrogen-bond acceptors (Lipinski definition) is 3. The molecule has 98 valence electrons. The van der Waals surface area contributed by atoms with Gasteiger partial charge in [0, 0.05) is 0 Å². The fourth-order valence-electron chi connectivity index (χ4n) is 2.05. The summed E-state index contributed by atoms with van der Waals surface area (Å²) in [4.78, 5) is 11.7. The van der Waals surface area contributed by atoms with Crippen LogP contribution < -0.4 is 0 Å². The molecule has 1 N–H and O–H groups in total. The molecule has 3 heteroatoms. The minimum Gasteiger partial charge on any atom is -0.460 e. The second-order valence-electron chi connectivity index (χ2n) is 5.10. The van der Waals surface area contributed by atoms with Gasteiger partial charge >= 0.3 is 5.97 Å². The topological polar surface area (TPSA) is 46.5 Å². The summed E-state index contributed by atoms with van der Waals surface area (Å²) in [6, 6.07) is 9.87. The van der Waals surface area contributed by atoms with Crippen LogP contribution in [0.2, 0.25) is 0 Å². The van der Waals surface area contributed by atoms with E-state index in [0.29, 0.717) is 6.42 Å². The molecule has 1 aromatic carbocycles. The molecule has 18 heavy (non-hydrogen) atoms. The lowest BCUT2D eigenvalue weighted by Gasteiger charge is -2.27. The molecule has 2 atom stereocenters. The van der Waals surface area contributed by atoms with Gasteiger partial charge in [0.2, 0.25) is 0 Å². The van der Waals surface area contributed by atoms with Crippen molar-refractivity contribution < 1.29 is 14.6 Å². The van der Waals surface area contributed by atoms with Gasteiger partial charge in [-0.25, -0.2) is 4.79 Å². The van der Waals surface area contributed by atoms with Gasteiger partial charge in [-0.1, -0.05) is 37.3 Å². The van der Waals surface area contributed by atoms with Gasteiger partial charge in [-0.15, -0.1) is 0 Å². The second kappa shape index (κ2) is 6.01. The van der Waals surface area contributed by atoms with E-state index in [4.69, 9.17) is 4.74 Å². The van der Waals surface area contributed by atoms with Crippen LogP contribution in [0.5, 0.6) is 0 Å². The highest BCUT2D eigenvalue weighted by Gasteiger charge is 2.28. The maximum absolute atomic E-state index is 11.7. The fraction of sp³-hybridized carbons (Fsp3) is 0.533. The number of aliphatic hydroxyl groups excluding tert-OH is 1. The molecule has 2 rings (SSSR count). The first-order valence-electron chi connectivity index (χ1n) is 6.59. The third-order valence-corrected chi connectivity index (χ3v) is 3.52. The quantitative estimate of drug-likeness (QED) is 0.813. The highest BCUT2D eigenvalue weighted by atomic mass is 16.6. The Kier molecular flexibility index (Phi) is 4.37. The largest absolute Gasteiger partial charge is 0.460 e. The molecule has 0 bridgehead atoms. The van der Waals surface area contributed by atoms with Crippen LogP contribution in [-0.2, 0) is 16.0 Å². The van der Waals surface area contributed by atoms with Gasteiger partial charge in [0.05, 0.1) is 0 Å². The van der Waals surface area contributed by atoms with Crippen molar-refractivity contribution in [2.24, 2.45) is 5.92 Å². The smallest absolute Gasteiger partial charge is 0.335 e. The third-order valence-electron chi connectivity index (χ3n) is 3.52. The van der Waals surface area contributed by atoms with E-state index in [1.165, 1.54) is 0 Å². The normalized spacial score (nSPS) is 18.8. The van der Waals surface area contributed by atoms with Crippen molar-refractivity contribution in [3.8, 4) is 0 Å². The zero-order valence-corrected chi connectivity index (χ0v) is 10.7. The molecule has 0 spiro atoms. The summed E-state index contributed by atoms with van der Waals surface area (Å²) in [5, 5.41) is 9.94. The van der Waals surface area contributed by atoms with Crippen molar-refractivity contribution in [3.63, 3.8) is 0 Å². The van der Waals surface area contributed by atoms with Crippen molar-refractivity contribution >= 4 is 5.97 Å². The van der Waals surface area contributed by atoms with E-state index in [1.807, 2.05) is 37.3 Å². The molecule has 0 heterocycles. The summed E-state index contributed by atoms with van der Waals surface area (Å²) in [5.41, 5.74) is 1.13. The second-order valence-corrected chi connectivity index (χ2v) is 5.10. The number of aliphatic hydroxyl groups is 1. The SMILES string of the molecule is C[C@H](Cc1ccccc1)[C@H](O)C(=O)OC1CCC1. The standard InChI is InChI=1S/C15H20O3/c1-11(10-12-6-3-2-4-7-12)14(16)15(17)18-13-8-5-9-13/h2-4,6-7,11,13-14,16H,5,8-10H2,1H3/t11-,14+/m1/s1. The Morgan fingerprint density at radius 3 is 2.61 bits per heavy atom. The lowest BCUT2D eigenvalue weighted by Crippen LogP contribution is -2.35. The van der Waals surface area contributed by atoms with Crippen LogP contribution in [-0.4, -0.2) is 23.3 Å². The lowest BCUT2D eigenvalue weighted by atomic mass is 9.94. The number of carbonyl (C=O) groups excluding carboxylic acids is 1. The Bertz CT molecular complexity index is 384. The number of ether oxygens (including phenoxy) is 1. The molecule has 1 fully saturated rings. The summed E-state index contributed by atoms with van der Waals surface area (Å²) in [6.45, 7) is 1.87. The van der Waals surface area contributed by atoms with Crippen molar-refractivity contribution in [3.05, 3.63) is 35.9 Å². The van der Waals surface area contributed by atoms with Crippen molar-refractivity contribution in [2.75, 3.05) is 0 Å². The highest BCUT2D eigenvalue weighted by molar-refractivity contribution is 5.75. The van der Waals surface area contributed by atoms with Crippen LogP contribution in [0.1, 0.15) is 31.7 Å². The molecule has 0 radical (unpaired) electrons. The Hall–Kier alpha value is -1.35. The molecule has 0 saturated heterocycles. The predicted octanol–water partition coefficient (Wildman–Crippen LogP) is 2.32. The van der Waals surface area contributed by atoms with Gasteiger partial charge in [0.15, 0.2) is 6.10 Å². The first-order valence-corrected chi connectivity index (χ1v) is 6.59. The van der Waals surface area contributed by atoms with E-state index in [1.54, 1.807) is 0 Å². The van der Waals surface area contributed by atoms with Gasteiger partial charge in [-0.3, -0.25) is 0 Å². The van der Waals surface area contributed by atoms with E-state index in [0.717, 1.165) is 24.8 Å². The van der Waals surface area contributed by atoms with Crippen LogP contribution in [0.25, 0.3) is 0 Å². The van der Waals surface area contributed by atoms with Gasteiger partial charge in [0.25, 0.3) is 0 Å². The zero-order valence-electron chi connectivity index (χ0n) is 10.7. The number of hydrogen-bond donors (Lipinski definition) is 1. The molecule has 0 aliphatic heterocycles. The van der Waals surface area contributed by atoms with E-state index in [9.17, 15) is 9.90 Å². The van der Waals surface area contributed by atoms with Gasteiger partial charge in [-0.2, -0.15) is 0 Å². The summed E-state index contributed by atoms with van der Waals surface area (Å²) in [6.07, 6.45) is 2.69. The van der Waals surface area contributed by atoms with Crippen LogP contribution >= 0.6 is 0 Å². The molecule has 0 aromatic heterocycles.